The third-order valence-electron chi connectivity index (χ3n) is 2.49. The summed E-state index contributed by atoms with van der Waals surface area (Å²) in [4.78, 5) is 6.26. The number of benzene rings is 1. The van der Waals surface area contributed by atoms with Crippen LogP contribution < -0.4 is 0 Å². The van der Waals surface area contributed by atoms with Crippen molar-refractivity contribution in [1.82, 2.24) is 4.90 Å². The van der Waals surface area contributed by atoms with Crippen LogP contribution in [0.2, 0.25) is 0 Å². The highest BCUT2D eigenvalue weighted by Gasteiger charge is 2.06. The minimum atomic E-state index is -0.0681. The Bertz CT molecular complexity index is 377. The smallest absolute Gasteiger partial charge is 0.157 e. The van der Waals surface area contributed by atoms with Crippen molar-refractivity contribution in [2.75, 3.05) is 19.6 Å². The van der Waals surface area contributed by atoms with Gasteiger partial charge in [-0.05, 0) is 24.1 Å². The van der Waals surface area contributed by atoms with Crippen molar-refractivity contribution in [3.05, 3.63) is 23.8 Å². The van der Waals surface area contributed by atoms with Crippen LogP contribution in [-0.4, -0.2) is 41.1 Å². The van der Waals surface area contributed by atoms with Crippen molar-refractivity contribution in [3.63, 3.8) is 0 Å². The molecule has 0 fully saturated rings. The van der Waals surface area contributed by atoms with Gasteiger partial charge >= 0.3 is 0 Å². The topological polar surface area (TPSA) is 56.1 Å². The number of hydrogen-bond donors (Lipinski definition) is 2. The number of phenolic OH excluding ortho intramolecular Hbond substituents is 2. The Hall–Kier alpha value is -1.71. The van der Waals surface area contributed by atoms with Gasteiger partial charge in [-0.25, -0.2) is 0 Å². The summed E-state index contributed by atoms with van der Waals surface area (Å²) >= 11 is 0. The number of phenols is 2. The van der Waals surface area contributed by atoms with Gasteiger partial charge in [0.05, 0.1) is 12.9 Å². The maximum Gasteiger partial charge on any atom is 0.157 e. The lowest BCUT2D eigenvalue weighted by Gasteiger charge is -2.13. The van der Waals surface area contributed by atoms with Crippen molar-refractivity contribution < 1.29 is 10.2 Å². The molecular formula is C11H14N2O2. The summed E-state index contributed by atoms with van der Waals surface area (Å²) in [5.74, 6) is -0.121. The van der Waals surface area contributed by atoms with Crippen LogP contribution in [0.3, 0.4) is 0 Å². The van der Waals surface area contributed by atoms with Crippen LogP contribution in [0, 0.1) is 0 Å². The predicted molar refractivity (Wildman–Crippen MR) is 58.4 cm³/mol. The second-order valence-corrected chi connectivity index (χ2v) is 3.63. The molecule has 0 spiro atoms. The van der Waals surface area contributed by atoms with Crippen molar-refractivity contribution in [1.29, 1.82) is 0 Å². The molecule has 4 nitrogen and oxygen atoms in total. The van der Waals surface area contributed by atoms with Crippen LogP contribution in [0.1, 0.15) is 5.56 Å². The second kappa shape index (κ2) is 4.21. The molecule has 80 valence electrons. The van der Waals surface area contributed by atoms with E-state index >= 15 is 0 Å². The molecule has 2 N–H and O–H groups in total. The fourth-order valence-electron chi connectivity index (χ4n) is 1.58. The molecule has 0 aliphatic carbocycles. The molecule has 0 unspecified atom stereocenters. The minimum absolute atomic E-state index is 0.0532. The SMILES string of the molecule is Oc1ccc(CCN2C=NCC2)cc1O. The Morgan fingerprint density at radius 3 is 2.80 bits per heavy atom. The van der Waals surface area contributed by atoms with E-state index in [4.69, 9.17) is 5.11 Å². The number of rotatable bonds is 3. The van der Waals surface area contributed by atoms with Crippen LogP contribution >= 0.6 is 0 Å². The van der Waals surface area contributed by atoms with E-state index in [1.165, 1.54) is 6.07 Å². The van der Waals surface area contributed by atoms with Crippen LogP contribution in [0.25, 0.3) is 0 Å². The van der Waals surface area contributed by atoms with Gasteiger partial charge in [0.25, 0.3) is 0 Å². The maximum atomic E-state index is 9.30. The third-order valence-corrected chi connectivity index (χ3v) is 2.49. The summed E-state index contributed by atoms with van der Waals surface area (Å²) in [6.45, 7) is 2.75. The first-order chi connectivity index (χ1) is 7.25. The van der Waals surface area contributed by atoms with Gasteiger partial charge in [0.15, 0.2) is 11.5 Å². The quantitative estimate of drug-likeness (QED) is 0.725. The lowest BCUT2D eigenvalue weighted by atomic mass is 10.1. The van der Waals surface area contributed by atoms with Crippen LogP contribution in [0.5, 0.6) is 11.5 Å². The molecule has 0 saturated heterocycles. The molecule has 1 aliphatic rings. The predicted octanol–water partition coefficient (Wildman–Crippen LogP) is 0.984. The van der Waals surface area contributed by atoms with E-state index in [2.05, 4.69) is 9.89 Å². The number of nitrogens with zero attached hydrogens (tertiary/aromatic N) is 2. The number of aromatic hydroxyl groups is 2. The van der Waals surface area contributed by atoms with E-state index in [1.807, 2.05) is 12.4 Å². The Kier molecular flexibility index (Phi) is 2.76. The van der Waals surface area contributed by atoms with Gasteiger partial charge in [-0.2, -0.15) is 0 Å². The van der Waals surface area contributed by atoms with Gasteiger partial charge in [0, 0.05) is 13.1 Å². The van der Waals surface area contributed by atoms with Crippen molar-refractivity contribution in [3.8, 4) is 11.5 Å². The molecule has 1 aromatic rings. The first kappa shape index (κ1) is 9.83. The Labute approximate surface area is 88.5 Å². The maximum absolute atomic E-state index is 9.30. The molecule has 1 aliphatic heterocycles. The van der Waals surface area contributed by atoms with Crippen molar-refractivity contribution >= 4 is 6.34 Å². The highest BCUT2D eigenvalue weighted by Crippen LogP contribution is 2.25. The van der Waals surface area contributed by atoms with Gasteiger partial charge in [0.2, 0.25) is 0 Å². The van der Waals surface area contributed by atoms with E-state index < -0.39 is 0 Å². The normalized spacial score (nSPS) is 14.8. The van der Waals surface area contributed by atoms with Crippen LogP contribution in [0.15, 0.2) is 23.2 Å². The zero-order valence-corrected chi connectivity index (χ0v) is 8.43. The fourth-order valence-corrected chi connectivity index (χ4v) is 1.58. The first-order valence-electron chi connectivity index (χ1n) is 5.00. The van der Waals surface area contributed by atoms with E-state index in [0.29, 0.717) is 0 Å². The molecule has 4 heteroatoms. The molecule has 1 aromatic carbocycles. The summed E-state index contributed by atoms with van der Waals surface area (Å²) < 4.78 is 0. The van der Waals surface area contributed by atoms with E-state index in [9.17, 15) is 5.11 Å². The van der Waals surface area contributed by atoms with Crippen molar-refractivity contribution in [2.24, 2.45) is 4.99 Å². The first-order valence-corrected chi connectivity index (χ1v) is 5.00. The lowest BCUT2D eigenvalue weighted by Crippen LogP contribution is -2.22. The Balaban J connectivity index is 1.93. The van der Waals surface area contributed by atoms with Gasteiger partial charge in [-0.3, -0.25) is 4.99 Å². The van der Waals surface area contributed by atoms with E-state index in [-0.39, 0.29) is 11.5 Å². The number of aliphatic imine (C=N–C) groups is 1. The molecule has 0 atom stereocenters. The second-order valence-electron chi connectivity index (χ2n) is 3.63. The molecule has 0 radical (unpaired) electrons. The molecule has 0 amide bonds. The fraction of sp³-hybridized carbons (Fsp3) is 0.364. The Morgan fingerprint density at radius 1 is 1.27 bits per heavy atom. The van der Waals surface area contributed by atoms with Crippen LogP contribution in [0.4, 0.5) is 0 Å². The largest absolute Gasteiger partial charge is 0.504 e. The molecule has 1 heterocycles. The average molecular weight is 206 g/mol. The summed E-state index contributed by atoms with van der Waals surface area (Å²) in [5.41, 5.74) is 1.02. The standard InChI is InChI=1S/C11H14N2O2/c14-10-2-1-9(7-11(10)15)3-5-13-6-4-12-8-13/h1-2,7-8,14-15H,3-6H2. The molecule has 0 aromatic heterocycles. The highest BCUT2D eigenvalue weighted by molar-refractivity contribution is 5.57. The Morgan fingerprint density at radius 2 is 2.13 bits per heavy atom. The van der Waals surface area contributed by atoms with Gasteiger partial charge in [0.1, 0.15) is 0 Å². The highest BCUT2D eigenvalue weighted by atomic mass is 16.3. The third kappa shape index (κ3) is 2.40. The lowest BCUT2D eigenvalue weighted by molar-refractivity contribution is 0.402. The molecule has 0 bridgehead atoms. The van der Waals surface area contributed by atoms with Gasteiger partial charge < -0.3 is 15.1 Å². The monoisotopic (exact) mass is 206 g/mol. The zero-order valence-electron chi connectivity index (χ0n) is 8.43. The van der Waals surface area contributed by atoms with Crippen molar-refractivity contribution in [2.45, 2.75) is 6.42 Å². The summed E-state index contributed by atoms with van der Waals surface area (Å²) in [6, 6.07) is 4.94. The average Bonchev–Trinajstić information content (AvgIpc) is 2.73. The zero-order chi connectivity index (χ0) is 10.7. The number of hydrogen-bond acceptors (Lipinski definition) is 4. The summed E-state index contributed by atoms with van der Waals surface area (Å²) in [5, 5.41) is 18.4. The molecule has 0 saturated carbocycles. The van der Waals surface area contributed by atoms with Gasteiger partial charge in [-0.1, -0.05) is 6.07 Å². The molecule has 2 rings (SSSR count). The molecule has 15 heavy (non-hydrogen) atoms. The van der Waals surface area contributed by atoms with Crippen LogP contribution in [-0.2, 0) is 6.42 Å². The summed E-state index contributed by atoms with van der Waals surface area (Å²) in [6.07, 6.45) is 2.71. The molecular weight excluding hydrogens is 192 g/mol. The van der Waals surface area contributed by atoms with E-state index in [0.717, 1.165) is 31.6 Å². The van der Waals surface area contributed by atoms with E-state index in [1.54, 1.807) is 6.07 Å². The minimum Gasteiger partial charge on any atom is -0.504 e. The summed E-state index contributed by atoms with van der Waals surface area (Å²) in [7, 11) is 0. The van der Waals surface area contributed by atoms with Gasteiger partial charge in [-0.15, -0.1) is 0 Å².